The van der Waals surface area contributed by atoms with E-state index in [1.807, 2.05) is 0 Å². The van der Waals surface area contributed by atoms with Gasteiger partial charge in [0.15, 0.2) is 0 Å². The van der Waals surface area contributed by atoms with Crippen LogP contribution < -0.4 is 5.73 Å². The van der Waals surface area contributed by atoms with Crippen molar-refractivity contribution in [3.63, 3.8) is 0 Å². The van der Waals surface area contributed by atoms with E-state index in [2.05, 4.69) is 38.1 Å². The molecule has 2 nitrogen and oxygen atoms in total. The van der Waals surface area contributed by atoms with Crippen LogP contribution in [-0.2, 0) is 4.74 Å². The maximum absolute atomic E-state index is 5.54. The number of methoxy groups -OCH3 is 1. The van der Waals surface area contributed by atoms with Crippen LogP contribution in [0.2, 0.25) is 0 Å². The highest BCUT2D eigenvalue weighted by atomic mass is 16.5. The predicted octanol–water partition coefficient (Wildman–Crippen LogP) is 2.85. The third kappa shape index (κ3) is 3.33. The molecule has 1 rings (SSSR count). The molecule has 1 aromatic rings. The average Bonchev–Trinajstić information content (AvgIpc) is 2.26. The van der Waals surface area contributed by atoms with Gasteiger partial charge in [0, 0.05) is 7.11 Å². The van der Waals surface area contributed by atoms with E-state index in [0.29, 0.717) is 12.5 Å². The molecule has 0 heterocycles. The quantitative estimate of drug-likeness (QED) is 0.805. The van der Waals surface area contributed by atoms with Crippen molar-refractivity contribution in [1.29, 1.82) is 0 Å². The Bertz CT molecular complexity index is 279. The van der Waals surface area contributed by atoms with Crippen LogP contribution in [0.4, 0.5) is 0 Å². The Morgan fingerprint density at radius 3 is 2.07 bits per heavy atom. The molecule has 0 amide bonds. The summed E-state index contributed by atoms with van der Waals surface area (Å²) in [6.45, 7) is 5.05. The first kappa shape index (κ1) is 12.2. The Labute approximate surface area is 92.4 Å². The topological polar surface area (TPSA) is 35.2 Å². The fourth-order valence-corrected chi connectivity index (χ4v) is 1.67. The van der Waals surface area contributed by atoms with Gasteiger partial charge in [-0.2, -0.15) is 0 Å². The van der Waals surface area contributed by atoms with E-state index in [4.69, 9.17) is 10.5 Å². The van der Waals surface area contributed by atoms with Gasteiger partial charge in [-0.1, -0.05) is 38.1 Å². The van der Waals surface area contributed by atoms with Crippen LogP contribution in [0.5, 0.6) is 0 Å². The second-order valence-electron chi connectivity index (χ2n) is 4.12. The lowest BCUT2D eigenvalue weighted by Crippen LogP contribution is -2.09. The molecule has 0 saturated carbocycles. The number of ether oxygens (including phenoxy) is 1. The minimum absolute atomic E-state index is 0.135. The number of rotatable bonds is 5. The van der Waals surface area contributed by atoms with Gasteiger partial charge in [-0.3, -0.25) is 0 Å². The number of hydrogen-bond acceptors (Lipinski definition) is 2. The first-order valence-electron chi connectivity index (χ1n) is 5.51. The van der Waals surface area contributed by atoms with E-state index in [-0.39, 0.29) is 6.10 Å². The van der Waals surface area contributed by atoms with Gasteiger partial charge < -0.3 is 10.5 Å². The summed E-state index contributed by atoms with van der Waals surface area (Å²) >= 11 is 0. The van der Waals surface area contributed by atoms with Crippen molar-refractivity contribution < 1.29 is 4.74 Å². The molecule has 0 radical (unpaired) electrons. The van der Waals surface area contributed by atoms with Gasteiger partial charge in [-0.05, 0) is 30.0 Å². The molecule has 0 saturated heterocycles. The molecule has 2 heteroatoms. The van der Waals surface area contributed by atoms with Crippen LogP contribution in [0, 0.1) is 0 Å². The molecule has 0 aliphatic rings. The van der Waals surface area contributed by atoms with Gasteiger partial charge in [-0.25, -0.2) is 0 Å². The van der Waals surface area contributed by atoms with Crippen LogP contribution in [-0.4, -0.2) is 13.7 Å². The average molecular weight is 207 g/mol. The van der Waals surface area contributed by atoms with Gasteiger partial charge in [0.1, 0.15) is 0 Å². The fraction of sp³-hybridized carbons (Fsp3) is 0.538. The van der Waals surface area contributed by atoms with E-state index in [1.165, 1.54) is 11.1 Å². The van der Waals surface area contributed by atoms with Gasteiger partial charge >= 0.3 is 0 Å². The molecule has 0 bridgehead atoms. The van der Waals surface area contributed by atoms with Crippen molar-refractivity contribution in [2.24, 2.45) is 5.73 Å². The molecule has 1 atom stereocenters. The molecule has 84 valence electrons. The first-order chi connectivity index (χ1) is 7.19. The molecule has 1 aromatic carbocycles. The van der Waals surface area contributed by atoms with E-state index >= 15 is 0 Å². The summed E-state index contributed by atoms with van der Waals surface area (Å²) in [4.78, 5) is 0. The molecule has 0 aliphatic carbocycles. The molecule has 0 spiro atoms. The smallest absolute Gasteiger partial charge is 0.0833 e. The van der Waals surface area contributed by atoms with Gasteiger partial charge in [0.05, 0.1) is 6.10 Å². The van der Waals surface area contributed by atoms with Crippen LogP contribution >= 0.6 is 0 Å². The van der Waals surface area contributed by atoms with Crippen LogP contribution in [0.1, 0.15) is 43.4 Å². The Kier molecular flexibility index (Phi) is 4.79. The molecular weight excluding hydrogens is 186 g/mol. The summed E-state index contributed by atoms with van der Waals surface area (Å²) < 4.78 is 5.40. The van der Waals surface area contributed by atoms with Gasteiger partial charge in [0.2, 0.25) is 0 Å². The minimum atomic E-state index is 0.135. The fourth-order valence-electron chi connectivity index (χ4n) is 1.67. The number of hydrogen-bond donors (Lipinski definition) is 1. The highest BCUT2D eigenvalue weighted by Crippen LogP contribution is 2.22. The summed E-state index contributed by atoms with van der Waals surface area (Å²) in [6.07, 6.45) is 1.01. The zero-order valence-corrected chi connectivity index (χ0v) is 9.86. The highest BCUT2D eigenvalue weighted by Gasteiger charge is 2.09. The number of nitrogens with two attached hydrogens (primary N) is 1. The standard InChI is InChI=1S/C13H21NO/c1-10(2)11-4-6-12(7-5-11)13(15-3)8-9-14/h4-7,10,13H,8-9,14H2,1-3H3. The molecule has 0 aromatic heterocycles. The third-order valence-corrected chi connectivity index (χ3v) is 2.69. The molecule has 0 fully saturated rings. The molecule has 0 aliphatic heterocycles. The Morgan fingerprint density at radius 1 is 1.13 bits per heavy atom. The van der Waals surface area contributed by atoms with Crippen LogP contribution in [0.25, 0.3) is 0 Å². The minimum Gasteiger partial charge on any atom is -0.377 e. The van der Waals surface area contributed by atoms with Crippen molar-refractivity contribution in [3.8, 4) is 0 Å². The summed E-state index contributed by atoms with van der Waals surface area (Å²) in [5.74, 6) is 0.578. The molecule has 15 heavy (non-hydrogen) atoms. The highest BCUT2D eigenvalue weighted by molar-refractivity contribution is 5.26. The molecular formula is C13H21NO. The second-order valence-corrected chi connectivity index (χ2v) is 4.12. The van der Waals surface area contributed by atoms with E-state index in [1.54, 1.807) is 7.11 Å². The SMILES string of the molecule is COC(CCN)c1ccc(C(C)C)cc1. The van der Waals surface area contributed by atoms with E-state index in [9.17, 15) is 0 Å². The van der Waals surface area contributed by atoms with Crippen molar-refractivity contribution >= 4 is 0 Å². The summed E-state index contributed by atoms with van der Waals surface area (Å²) in [7, 11) is 1.73. The zero-order chi connectivity index (χ0) is 11.3. The molecule has 1 unspecified atom stereocenters. The number of benzene rings is 1. The Hall–Kier alpha value is -0.860. The molecule has 2 N–H and O–H groups in total. The lowest BCUT2D eigenvalue weighted by atomic mass is 9.99. The van der Waals surface area contributed by atoms with Crippen molar-refractivity contribution in [2.75, 3.05) is 13.7 Å². The van der Waals surface area contributed by atoms with Crippen LogP contribution in [0.15, 0.2) is 24.3 Å². The Balaban J connectivity index is 2.77. The Morgan fingerprint density at radius 2 is 1.67 bits per heavy atom. The monoisotopic (exact) mass is 207 g/mol. The van der Waals surface area contributed by atoms with Crippen molar-refractivity contribution in [1.82, 2.24) is 0 Å². The largest absolute Gasteiger partial charge is 0.377 e. The van der Waals surface area contributed by atoms with E-state index in [0.717, 1.165) is 6.42 Å². The summed E-state index contributed by atoms with van der Waals surface area (Å²) in [5, 5.41) is 0. The van der Waals surface area contributed by atoms with Crippen molar-refractivity contribution in [3.05, 3.63) is 35.4 Å². The zero-order valence-electron chi connectivity index (χ0n) is 9.86. The maximum atomic E-state index is 5.54. The second kappa shape index (κ2) is 5.89. The van der Waals surface area contributed by atoms with E-state index < -0.39 is 0 Å². The van der Waals surface area contributed by atoms with Crippen LogP contribution in [0.3, 0.4) is 0 Å². The summed E-state index contributed by atoms with van der Waals surface area (Å²) in [6, 6.07) is 8.61. The van der Waals surface area contributed by atoms with Gasteiger partial charge in [0.25, 0.3) is 0 Å². The lowest BCUT2D eigenvalue weighted by molar-refractivity contribution is 0.0978. The van der Waals surface area contributed by atoms with Gasteiger partial charge in [-0.15, -0.1) is 0 Å². The predicted molar refractivity (Wildman–Crippen MR) is 64.0 cm³/mol. The lowest BCUT2D eigenvalue weighted by Gasteiger charge is -2.15. The first-order valence-corrected chi connectivity index (χ1v) is 5.51. The van der Waals surface area contributed by atoms with Crippen molar-refractivity contribution in [2.45, 2.75) is 32.3 Å². The normalized spacial score (nSPS) is 13.1. The third-order valence-electron chi connectivity index (χ3n) is 2.69. The summed E-state index contributed by atoms with van der Waals surface area (Å²) in [5.41, 5.74) is 8.12. The maximum Gasteiger partial charge on any atom is 0.0833 e.